The highest BCUT2D eigenvalue weighted by Crippen LogP contribution is 2.34. The summed E-state index contributed by atoms with van der Waals surface area (Å²) in [6.07, 6.45) is 5.28. The van der Waals surface area contributed by atoms with Gasteiger partial charge in [0.1, 0.15) is 5.82 Å². The highest BCUT2D eigenvalue weighted by molar-refractivity contribution is 7.89. The molecule has 0 amide bonds. The van der Waals surface area contributed by atoms with Crippen LogP contribution in [-0.4, -0.2) is 29.4 Å². The van der Waals surface area contributed by atoms with Crippen molar-refractivity contribution in [2.45, 2.75) is 63.6 Å². The number of nitrogens with one attached hydrogen (secondary N) is 1. The Bertz CT molecular complexity index is 599. The predicted molar refractivity (Wildman–Crippen MR) is 84.0 cm³/mol. The first-order chi connectivity index (χ1) is 9.82. The molecule has 1 N–H and O–H groups in total. The van der Waals surface area contributed by atoms with Crippen molar-refractivity contribution in [2.75, 3.05) is 5.88 Å². The van der Waals surface area contributed by atoms with E-state index in [1.807, 2.05) is 18.4 Å². The monoisotopic (exact) mass is 333 g/mol. The summed E-state index contributed by atoms with van der Waals surface area (Å²) in [5.74, 6) is 1.48. The fraction of sp³-hybridized carbons (Fsp3) is 0.786. The predicted octanol–water partition coefficient (Wildman–Crippen LogP) is 2.68. The van der Waals surface area contributed by atoms with Crippen LogP contribution < -0.4 is 4.72 Å². The molecule has 1 saturated carbocycles. The minimum atomic E-state index is -3.63. The van der Waals surface area contributed by atoms with E-state index in [2.05, 4.69) is 16.6 Å². The zero-order valence-corrected chi connectivity index (χ0v) is 14.5. The van der Waals surface area contributed by atoms with Gasteiger partial charge in [0.15, 0.2) is 5.03 Å². The highest BCUT2D eigenvalue weighted by Gasteiger charge is 2.38. The molecule has 0 radical (unpaired) electrons. The number of nitrogens with zero attached hydrogens (tertiary/aromatic N) is 2. The SMILES string of the molecule is CCn1cc(S(=O)(=O)NC2(CCl)CCCC(C)C2)nc1C. The first-order valence-electron chi connectivity index (χ1n) is 7.45. The lowest BCUT2D eigenvalue weighted by Crippen LogP contribution is -2.52. The number of rotatable bonds is 5. The summed E-state index contributed by atoms with van der Waals surface area (Å²) in [6, 6.07) is 0. The number of aromatic nitrogens is 2. The van der Waals surface area contributed by atoms with E-state index in [1.165, 1.54) is 0 Å². The number of hydrogen-bond donors (Lipinski definition) is 1. The molecular formula is C14H24ClN3O2S. The van der Waals surface area contributed by atoms with Crippen molar-refractivity contribution in [2.24, 2.45) is 5.92 Å². The van der Waals surface area contributed by atoms with Gasteiger partial charge in [-0.05, 0) is 32.6 Å². The molecule has 0 aromatic carbocycles. The third kappa shape index (κ3) is 3.60. The van der Waals surface area contributed by atoms with Crippen LogP contribution in [0.2, 0.25) is 0 Å². The molecule has 1 aliphatic carbocycles. The van der Waals surface area contributed by atoms with Gasteiger partial charge in [0.25, 0.3) is 10.0 Å². The number of aryl methyl sites for hydroxylation is 2. The van der Waals surface area contributed by atoms with E-state index >= 15 is 0 Å². The van der Waals surface area contributed by atoms with E-state index in [0.717, 1.165) is 25.7 Å². The summed E-state index contributed by atoms with van der Waals surface area (Å²) in [4.78, 5) is 4.17. The van der Waals surface area contributed by atoms with Crippen LogP contribution in [0.4, 0.5) is 0 Å². The lowest BCUT2D eigenvalue weighted by molar-refractivity contribution is 0.239. The van der Waals surface area contributed by atoms with E-state index in [9.17, 15) is 8.42 Å². The van der Waals surface area contributed by atoms with Crippen LogP contribution in [0.25, 0.3) is 0 Å². The average molecular weight is 334 g/mol. The smallest absolute Gasteiger partial charge is 0.260 e. The van der Waals surface area contributed by atoms with Crippen LogP contribution in [0.1, 0.15) is 45.4 Å². The van der Waals surface area contributed by atoms with Gasteiger partial charge in [-0.1, -0.05) is 19.8 Å². The Morgan fingerprint density at radius 3 is 2.81 bits per heavy atom. The molecule has 1 aromatic heterocycles. The molecule has 120 valence electrons. The van der Waals surface area contributed by atoms with E-state index in [4.69, 9.17) is 11.6 Å². The van der Waals surface area contributed by atoms with Gasteiger partial charge in [-0.25, -0.2) is 18.1 Å². The van der Waals surface area contributed by atoms with Crippen molar-refractivity contribution < 1.29 is 8.42 Å². The molecule has 1 fully saturated rings. The fourth-order valence-electron chi connectivity index (χ4n) is 3.17. The maximum Gasteiger partial charge on any atom is 0.260 e. The van der Waals surface area contributed by atoms with Gasteiger partial charge in [-0.2, -0.15) is 0 Å². The molecule has 5 nitrogen and oxygen atoms in total. The Morgan fingerprint density at radius 2 is 2.29 bits per heavy atom. The van der Waals surface area contributed by atoms with Crippen LogP contribution in [0.5, 0.6) is 0 Å². The van der Waals surface area contributed by atoms with Crippen LogP contribution >= 0.6 is 11.6 Å². The normalized spacial score (nSPS) is 27.0. The standard InChI is InChI=1S/C14H24ClN3O2S/c1-4-18-9-13(16-12(18)3)21(19,20)17-14(10-15)7-5-6-11(2)8-14/h9,11,17H,4-8,10H2,1-3H3. The van der Waals surface area contributed by atoms with Gasteiger partial charge < -0.3 is 4.57 Å². The summed E-state index contributed by atoms with van der Waals surface area (Å²) in [7, 11) is -3.63. The molecule has 0 aliphatic heterocycles. The van der Waals surface area contributed by atoms with Gasteiger partial charge in [0, 0.05) is 24.2 Å². The van der Waals surface area contributed by atoms with Gasteiger partial charge in [0.2, 0.25) is 0 Å². The van der Waals surface area contributed by atoms with Crippen LogP contribution in [0.15, 0.2) is 11.2 Å². The summed E-state index contributed by atoms with van der Waals surface area (Å²) < 4.78 is 29.9. The molecule has 1 heterocycles. The highest BCUT2D eigenvalue weighted by atomic mass is 35.5. The second kappa shape index (κ2) is 6.26. The summed E-state index contributed by atoms with van der Waals surface area (Å²) in [6.45, 7) is 6.61. The molecule has 2 rings (SSSR count). The fourth-order valence-corrected chi connectivity index (χ4v) is 5.01. The Kier molecular flexibility index (Phi) is 5.00. The topological polar surface area (TPSA) is 64.0 Å². The number of alkyl halides is 1. The maximum atomic E-state index is 12.6. The maximum absolute atomic E-state index is 12.6. The van der Waals surface area contributed by atoms with Crippen LogP contribution in [0, 0.1) is 12.8 Å². The Labute approximate surface area is 132 Å². The Hall–Kier alpha value is -0.590. The molecule has 21 heavy (non-hydrogen) atoms. The quantitative estimate of drug-likeness (QED) is 0.842. The van der Waals surface area contributed by atoms with Crippen molar-refractivity contribution >= 4 is 21.6 Å². The average Bonchev–Trinajstić information content (AvgIpc) is 2.80. The summed E-state index contributed by atoms with van der Waals surface area (Å²) in [5.41, 5.74) is -0.540. The Morgan fingerprint density at radius 1 is 1.57 bits per heavy atom. The van der Waals surface area contributed by atoms with E-state index in [-0.39, 0.29) is 5.03 Å². The van der Waals surface area contributed by atoms with Crippen molar-refractivity contribution in [3.8, 4) is 0 Å². The molecule has 0 bridgehead atoms. The van der Waals surface area contributed by atoms with Gasteiger partial charge >= 0.3 is 0 Å². The van der Waals surface area contributed by atoms with Gasteiger partial charge in [-0.3, -0.25) is 0 Å². The second-order valence-electron chi connectivity index (χ2n) is 6.13. The third-order valence-electron chi connectivity index (χ3n) is 4.27. The molecular weight excluding hydrogens is 310 g/mol. The minimum Gasteiger partial charge on any atom is -0.334 e. The summed E-state index contributed by atoms with van der Waals surface area (Å²) >= 11 is 6.11. The molecule has 1 aromatic rings. The van der Waals surface area contributed by atoms with Crippen LogP contribution in [-0.2, 0) is 16.6 Å². The number of sulfonamides is 1. The van der Waals surface area contributed by atoms with Crippen molar-refractivity contribution in [3.05, 3.63) is 12.0 Å². The zero-order valence-electron chi connectivity index (χ0n) is 12.9. The van der Waals surface area contributed by atoms with Crippen LogP contribution in [0.3, 0.4) is 0 Å². The first-order valence-corrected chi connectivity index (χ1v) is 9.47. The van der Waals surface area contributed by atoms with Crippen molar-refractivity contribution in [1.29, 1.82) is 0 Å². The van der Waals surface area contributed by atoms with Gasteiger partial charge in [-0.15, -0.1) is 11.6 Å². The van der Waals surface area contributed by atoms with E-state index in [1.54, 1.807) is 6.20 Å². The number of halogens is 1. The number of imidazole rings is 1. The molecule has 0 saturated heterocycles. The zero-order chi connectivity index (χ0) is 15.7. The molecule has 7 heteroatoms. The van der Waals surface area contributed by atoms with Gasteiger partial charge in [0.05, 0.1) is 0 Å². The first kappa shape index (κ1) is 16.8. The lowest BCUT2D eigenvalue weighted by atomic mass is 9.78. The molecule has 2 unspecified atom stereocenters. The molecule has 0 spiro atoms. The van der Waals surface area contributed by atoms with Crippen molar-refractivity contribution in [1.82, 2.24) is 14.3 Å². The van der Waals surface area contributed by atoms with E-state index in [0.29, 0.717) is 24.2 Å². The second-order valence-corrected chi connectivity index (χ2v) is 8.03. The largest absolute Gasteiger partial charge is 0.334 e. The minimum absolute atomic E-state index is 0.0876. The van der Waals surface area contributed by atoms with E-state index < -0.39 is 15.6 Å². The molecule has 1 aliphatic rings. The lowest BCUT2D eigenvalue weighted by Gasteiger charge is -2.38. The third-order valence-corrected chi connectivity index (χ3v) is 6.23. The summed E-state index contributed by atoms with van der Waals surface area (Å²) in [5, 5.41) is 0.0876. The van der Waals surface area contributed by atoms with Crippen molar-refractivity contribution in [3.63, 3.8) is 0 Å². The Balaban J connectivity index is 2.26. The number of hydrogen-bond acceptors (Lipinski definition) is 3. The molecule has 2 atom stereocenters.